The van der Waals surface area contributed by atoms with E-state index < -0.39 is 12.1 Å². The van der Waals surface area contributed by atoms with Crippen LogP contribution >= 0.6 is 0 Å². The summed E-state index contributed by atoms with van der Waals surface area (Å²) < 4.78 is 0. The van der Waals surface area contributed by atoms with Crippen LogP contribution in [0.4, 0.5) is 4.79 Å². The molecule has 2 N–H and O–H groups in total. The van der Waals surface area contributed by atoms with Crippen LogP contribution in [0.25, 0.3) is 0 Å². The quantitative estimate of drug-likeness (QED) is 0.709. The number of carbonyl (C=O) groups is 2. The molecule has 2 aliphatic rings. The Bertz CT molecular complexity index is 347. The fourth-order valence-corrected chi connectivity index (χ4v) is 2.78. The lowest BCUT2D eigenvalue weighted by atomic mass is 9.92. The number of aliphatic carboxylic acids is 1. The number of likely N-dealkylation sites (tertiary alicyclic amines) is 2. The van der Waals surface area contributed by atoms with E-state index in [0.29, 0.717) is 38.9 Å². The summed E-state index contributed by atoms with van der Waals surface area (Å²) in [5.41, 5.74) is 0. The second kappa shape index (κ2) is 5.14. The van der Waals surface area contributed by atoms with Gasteiger partial charge in [-0.25, -0.2) is 4.79 Å². The minimum absolute atomic E-state index is 0.0508. The SMILES string of the molecule is CC1CC(C(=O)O)CCN1C(=O)N1CCC(O)C1. The fourth-order valence-electron chi connectivity index (χ4n) is 2.78. The number of carbonyl (C=O) groups excluding carboxylic acids is 1. The molecule has 0 aliphatic carbocycles. The molecule has 3 unspecified atom stereocenters. The number of hydrogen-bond donors (Lipinski definition) is 2. The van der Waals surface area contributed by atoms with Crippen molar-refractivity contribution in [3.8, 4) is 0 Å². The van der Waals surface area contributed by atoms with Gasteiger partial charge in [-0.2, -0.15) is 0 Å². The molecule has 3 atom stereocenters. The maximum absolute atomic E-state index is 12.2. The Hall–Kier alpha value is -1.30. The molecule has 6 heteroatoms. The van der Waals surface area contributed by atoms with Crippen LogP contribution in [0.3, 0.4) is 0 Å². The van der Waals surface area contributed by atoms with Gasteiger partial charge in [-0.15, -0.1) is 0 Å². The van der Waals surface area contributed by atoms with Gasteiger partial charge in [0.05, 0.1) is 12.0 Å². The molecule has 0 saturated carbocycles. The summed E-state index contributed by atoms with van der Waals surface area (Å²) >= 11 is 0. The minimum atomic E-state index is -0.773. The number of amides is 2. The molecular formula is C12H20N2O4. The lowest BCUT2D eigenvalue weighted by Crippen LogP contribution is -2.51. The third-order valence-corrected chi connectivity index (χ3v) is 3.90. The average Bonchev–Trinajstić information content (AvgIpc) is 2.74. The summed E-state index contributed by atoms with van der Waals surface area (Å²) in [5, 5.41) is 18.4. The number of aliphatic hydroxyl groups excluding tert-OH is 1. The van der Waals surface area contributed by atoms with Gasteiger partial charge in [-0.3, -0.25) is 4.79 Å². The highest BCUT2D eigenvalue weighted by Crippen LogP contribution is 2.25. The normalized spacial score (nSPS) is 32.7. The highest BCUT2D eigenvalue weighted by Gasteiger charge is 2.35. The Balaban J connectivity index is 1.94. The summed E-state index contributed by atoms with van der Waals surface area (Å²) in [5.74, 6) is -1.11. The van der Waals surface area contributed by atoms with Crippen molar-refractivity contribution in [3.63, 3.8) is 0 Å². The third-order valence-electron chi connectivity index (χ3n) is 3.90. The maximum Gasteiger partial charge on any atom is 0.320 e. The van der Waals surface area contributed by atoms with Crippen LogP contribution in [0, 0.1) is 5.92 Å². The van der Waals surface area contributed by atoms with Gasteiger partial charge in [0.25, 0.3) is 0 Å². The van der Waals surface area contributed by atoms with Crippen molar-refractivity contribution in [3.05, 3.63) is 0 Å². The van der Waals surface area contributed by atoms with Gasteiger partial charge < -0.3 is 20.0 Å². The molecule has 2 amide bonds. The van der Waals surface area contributed by atoms with E-state index in [0.717, 1.165) is 0 Å². The predicted octanol–water partition coefficient (Wildman–Crippen LogP) is 0.358. The Morgan fingerprint density at radius 1 is 1.22 bits per heavy atom. The van der Waals surface area contributed by atoms with Crippen LogP contribution in [-0.2, 0) is 4.79 Å². The Morgan fingerprint density at radius 3 is 2.44 bits per heavy atom. The molecule has 0 aromatic heterocycles. The number of β-amino-alcohol motifs (C(OH)–C–C–N with tert-alkyl or cyclic N) is 1. The van der Waals surface area contributed by atoms with Gasteiger partial charge in [0.1, 0.15) is 0 Å². The molecule has 2 rings (SSSR count). The van der Waals surface area contributed by atoms with E-state index >= 15 is 0 Å². The standard InChI is InChI=1S/C12H20N2O4/c1-8-6-9(11(16)17)2-5-14(8)12(18)13-4-3-10(15)7-13/h8-10,15H,2-7H2,1H3,(H,16,17). The van der Waals surface area contributed by atoms with Crippen molar-refractivity contribution < 1.29 is 19.8 Å². The molecule has 18 heavy (non-hydrogen) atoms. The van der Waals surface area contributed by atoms with E-state index in [1.807, 2.05) is 6.92 Å². The molecule has 2 aliphatic heterocycles. The zero-order chi connectivity index (χ0) is 13.3. The lowest BCUT2D eigenvalue weighted by Gasteiger charge is -2.38. The topological polar surface area (TPSA) is 81.1 Å². The summed E-state index contributed by atoms with van der Waals surface area (Å²) in [6.07, 6.45) is 1.24. The van der Waals surface area contributed by atoms with Crippen molar-refractivity contribution in [1.82, 2.24) is 9.80 Å². The summed E-state index contributed by atoms with van der Waals surface area (Å²) in [6, 6.07) is -0.118. The number of carboxylic acid groups (broad SMARTS) is 1. The van der Waals surface area contributed by atoms with Gasteiger partial charge >= 0.3 is 12.0 Å². The first-order valence-corrected chi connectivity index (χ1v) is 6.45. The Labute approximate surface area is 106 Å². The smallest absolute Gasteiger partial charge is 0.320 e. The van der Waals surface area contributed by atoms with E-state index in [2.05, 4.69) is 0 Å². The zero-order valence-electron chi connectivity index (χ0n) is 10.6. The molecule has 0 spiro atoms. The molecule has 0 radical (unpaired) electrons. The van der Waals surface area contributed by atoms with E-state index in [1.54, 1.807) is 9.80 Å². The molecule has 2 saturated heterocycles. The van der Waals surface area contributed by atoms with Crippen LogP contribution in [0.5, 0.6) is 0 Å². The number of aliphatic hydroxyl groups is 1. The number of hydrogen-bond acceptors (Lipinski definition) is 3. The number of rotatable bonds is 1. The zero-order valence-corrected chi connectivity index (χ0v) is 10.6. The Morgan fingerprint density at radius 2 is 1.94 bits per heavy atom. The molecule has 0 bridgehead atoms. The minimum Gasteiger partial charge on any atom is -0.481 e. The maximum atomic E-state index is 12.2. The van der Waals surface area contributed by atoms with Crippen LogP contribution in [-0.4, -0.2) is 63.8 Å². The van der Waals surface area contributed by atoms with Crippen molar-refractivity contribution in [2.75, 3.05) is 19.6 Å². The summed E-state index contributed by atoms with van der Waals surface area (Å²) in [4.78, 5) is 26.5. The van der Waals surface area contributed by atoms with Crippen LogP contribution in [0.2, 0.25) is 0 Å². The van der Waals surface area contributed by atoms with Gasteiger partial charge in [0, 0.05) is 25.7 Å². The van der Waals surface area contributed by atoms with Crippen LogP contribution in [0.1, 0.15) is 26.2 Å². The van der Waals surface area contributed by atoms with E-state index in [-0.39, 0.29) is 18.0 Å². The van der Waals surface area contributed by atoms with Gasteiger partial charge in [0.15, 0.2) is 0 Å². The largest absolute Gasteiger partial charge is 0.481 e. The van der Waals surface area contributed by atoms with Crippen molar-refractivity contribution >= 4 is 12.0 Å². The second-order valence-electron chi connectivity index (χ2n) is 5.27. The van der Waals surface area contributed by atoms with Crippen LogP contribution in [0.15, 0.2) is 0 Å². The number of nitrogens with zero attached hydrogens (tertiary/aromatic N) is 2. The first-order chi connectivity index (χ1) is 8.49. The van der Waals surface area contributed by atoms with Gasteiger partial charge in [-0.05, 0) is 26.2 Å². The van der Waals surface area contributed by atoms with E-state index in [9.17, 15) is 14.7 Å². The number of urea groups is 1. The van der Waals surface area contributed by atoms with Crippen molar-refractivity contribution in [2.24, 2.45) is 5.92 Å². The first kappa shape index (κ1) is 13.1. The van der Waals surface area contributed by atoms with Gasteiger partial charge in [-0.1, -0.05) is 0 Å². The average molecular weight is 256 g/mol. The molecule has 102 valence electrons. The molecule has 2 fully saturated rings. The van der Waals surface area contributed by atoms with Crippen LogP contribution < -0.4 is 0 Å². The Kier molecular flexibility index (Phi) is 3.75. The van der Waals surface area contributed by atoms with Crippen molar-refractivity contribution in [1.29, 1.82) is 0 Å². The third kappa shape index (κ3) is 2.58. The van der Waals surface area contributed by atoms with Gasteiger partial charge in [0.2, 0.25) is 0 Å². The van der Waals surface area contributed by atoms with Crippen molar-refractivity contribution in [2.45, 2.75) is 38.3 Å². The highest BCUT2D eigenvalue weighted by atomic mass is 16.4. The molecule has 0 aromatic rings. The molecule has 2 heterocycles. The number of carboxylic acids is 1. The summed E-state index contributed by atoms with van der Waals surface area (Å²) in [7, 11) is 0. The first-order valence-electron chi connectivity index (χ1n) is 6.45. The van der Waals surface area contributed by atoms with E-state index in [1.165, 1.54) is 0 Å². The van der Waals surface area contributed by atoms with E-state index in [4.69, 9.17) is 5.11 Å². The fraction of sp³-hybridized carbons (Fsp3) is 0.833. The monoisotopic (exact) mass is 256 g/mol. The predicted molar refractivity (Wildman–Crippen MR) is 64.1 cm³/mol. The number of piperidine rings is 1. The molecule has 6 nitrogen and oxygen atoms in total. The highest BCUT2D eigenvalue weighted by molar-refractivity contribution is 5.76. The lowest BCUT2D eigenvalue weighted by molar-refractivity contribution is -0.143. The molecular weight excluding hydrogens is 236 g/mol. The summed E-state index contributed by atoms with van der Waals surface area (Å²) in [6.45, 7) is 3.36. The molecule has 0 aromatic carbocycles. The second-order valence-corrected chi connectivity index (χ2v) is 5.27.